The number of rotatable bonds is 6. The van der Waals surface area contributed by atoms with E-state index in [1.807, 2.05) is 0 Å². The highest BCUT2D eigenvalue weighted by molar-refractivity contribution is 6.30. The van der Waals surface area contributed by atoms with Gasteiger partial charge in [-0.3, -0.25) is 9.59 Å². The van der Waals surface area contributed by atoms with Crippen LogP contribution in [0.5, 0.6) is 11.5 Å². The second kappa shape index (κ2) is 8.39. The van der Waals surface area contributed by atoms with Crippen LogP contribution in [0.4, 0.5) is 11.4 Å². The van der Waals surface area contributed by atoms with Crippen molar-refractivity contribution in [2.24, 2.45) is 0 Å². The molecule has 6 nitrogen and oxygen atoms in total. The first kappa shape index (κ1) is 18.6. The minimum Gasteiger partial charge on any atom is -0.495 e. The van der Waals surface area contributed by atoms with Gasteiger partial charge in [0.2, 0.25) is 5.91 Å². The normalized spacial score (nSPS) is 11.4. The molecule has 0 heterocycles. The Morgan fingerprint density at radius 2 is 1.76 bits per heavy atom. The number of benzene rings is 2. The van der Waals surface area contributed by atoms with Gasteiger partial charge in [0.15, 0.2) is 6.10 Å². The third kappa shape index (κ3) is 5.39. The van der Waals surface area contributed by atoms with Crippen LogP contribution in [0, 0.1) is 0 Å². The molecule has 1 unspecified atom stereocenters. The third-order valence-electron chi connectivity index (χ3n) is 3.27. The molecule has 0 spiro atoms. The Kier molecular flexibility index (Phi) is 6.25. The summed E-state index contributed by atoms with van der Waals surface area (Å²) in [5.41, 5.74) is 0.986. The molecule has 7 heteroatoms. The molecule has 0 aliphatic rings. The summed E-state index contributed by atoms with van der Waals surface area (Å²) in [7, 11) is 1.50. The van der Waals surface area contributed by atoms with Crippen LogP contribution in [-0.2, 0) is 9.59 Å². The summed E-state index contributed by atoms with van der Waals surface area (Å²) < 4.78 is 10.8. The molecule has 2 N–H and O–H groups in total. The molecule has 0 aliphatic carbocycles. The second-order valence-electron chi connectivity index (χ2n) is 5.30. The van der Waals surface area contributed by atoms with Crippen molar-refractivity contribution in [2.75, 3.05) is 17.7 Å². The van der Waals surface area contributed by atoms with E-state index in [-0.39, 0.29) is 11.8 Å². The molecule has 2 aromatic rings. The van der Waals surface area contributed by atoms with E-state index in [1.54, 1.807) is 49.4 Å². The van der Waals surface area contributed by atoms with E-state index < -0.39 is 6.10 Å². The molecule has 132 valence electrons. The van der Waals surface area contributed by atoms with E-state index in [0.717, 1.165) is 0 Å². The average Bonchev–Trinajstić information content (AvgIpc) is 2.56. The van der Waals surface area contributed by atoms with Crippen molar-refractivity contribution in [2.45, 2.75) is 20.0 Å². The van der Waals surface area contributed by atoms with Gasteiger partial charge in [-0.2, -0.15) is 0 Å². The van der Waals surface area contributed by atoms with E-state index in [2.05, 4.69) is 10.6 Å². The fraction of sp³-hybridized carbons (Fsp3) is 0.222. The Balaban J connectivity index is 2.09. The highest BCUT2D eigenvalue weighted by Gasteiger charge is 2.17. The van der Waals surface area contributed by atoms with Crippen LogP contribution in [0.15, 0.2) is 42.5 Å². The van der Waals surface area contributed by atoms with Gasteiger partial charge in [0.25, 0.3) is 5.91 Å². The van der Waals surface area contributed by atoms with Gasteiger partial charge < -0.3 is 20.1 Å². The van der Waals surface area contributed by atoms with Crippen molar-refractivity contribution in [3.05, 3.63) is 47.5 Å². The van der Waals surface area contributed by atoms with Crippen molar-refractivity contribution in [1.29, 1.82) is 0 Å². The minimum absolute atomic E-state index is 0.207. The van der Waals surface area contributed by atoms with Gasteiger partial charge in [0.05, 0.1) is 12.8 Å². The molecule has 0 aliphatic heterocycles. The van der Waals surface area contributed by atoms with Gasteiger partial charge in [-0.15, -0.1) is 0 Å². The van der Waals surface area contributed by atoms with Gasteiger partial charge >= 0.3 is 0 Å². The van der Waals surface area contributed by atoms with Gasteiger partial charge in [0, 0.05) is 17.6 Å². The predicted octanol–water partition coefficient (Wildman–Crippen LogP) is 3.71. The van der Waals surface area contributed by atoms with E-state index in [4.69, 9.17) is 21.1 Å². The smallest absolute Gasteiger partial charge is 0.265 e. The number of carbonyl (C=O) groups excluding carboxylic acids is 2. The highest BCUT2D eigenvalue weighted by Crippen LogP contribution is 2.28. The van der Waals surface area contributed by atoms with Crippen molar-refractivity contribution in [1.82, 2.24) is 0 Å². The predicted molar refractivity (Wildman–Crippen MR) is 97.5 cm³/mol. The lowest BCUT2D eigenvalue weighted by atomic mass is 10.2. The first-order valence-corrected chi connectivity index (χ1v) is 7.95. The largest absolute Gasteiger partial charge is 0.495 e. The van der Waals surface area contributed by atoms with Gasteiger partial charge in [-0.1, -0.05) is 11.6 Å². The Labute approximate surface area is 151 Å². The zero-order valence-electron chi connectivity index (χ0n) is 14.1. The summed E-state index contributed by atoms with van der Waals surface area (Å²) in [4.78, 5) is 23.6. The van der Waals surface area contributed by atoms with Crippen LogP contribution in [0.25, 0.3) is 0 Å². The van der Waals surface area contributed by atoms with Crippen LogP contribution in [0.1, 0.15) is 13.8 Å². The number of hydrogen-bond acceptors (Lipinski definition) is 4. The number of halogens is 1. The number of ether oxygens (including phenoxy) is 2. The molecule has 0 radical (unpaired) electrons. The van der Waals surface area contributed by atoms with Crippen LogP contribution in [-0.4, -0.2) is 25.0 Å². The minimum atomic E-state index is -0.740. The number of carbonyl (C=O) groups is 2. The highest BCUT2D eigenvalue weighted by atomic mass is 35.5. The molecule has 0 aromatic heterocycles. The monoisotopic (exact) mass is 362 g/mol. The summed E-state index contributed by atoms with van der Waals surface area (Å²) in [6, 6.07) is 11.7. The fourth-order valence-corrected chi connectivity index (χ4v) is 2.22. The number of nitrogens with one attached hydrogen (secondary N) is 2. The molecular formula is C18H19ClN2O4. The standard InChI is InChI=1S/C18H19ClN2O4/c1-11(25-15-7-4-13(19)5-8-15)18(23)21-16-10-14(20-12(2)22)6-9-17(16)24-3/h4-11H,1-3H3,(H,20,22)(H,21,23). The molecule has 1 atom stereocenters. The fourth-order valence-electron chi connectivity index (χ4n) is 2.09. The van der Waals surface area contributed by atoms with Crippen molar-refractivity contribution in [3.8, 4) is 11.5 Å². The van der Waals surface area contributed by atoms with Crippen molar-refractivity contribution >= 4 is 34.8 Å². The lowest BCUT2D eigenvalue weighted by molar-refractivity contribution is -0.122. The molecular weight excluding hydrogens is 344 g/mol. The van der Waals surface area contributed by atoms with Crippen LogP contribution in [0.3, 0.4) is 0 Å². The molecule has 2 amide bonds. The number of methoxy groups -OCH3 is 1. The Morgan fingerprint density at radius 1 is 1.08 bits per heavy atom. The molecule has 2 aromatic carbocycles. The number of hydrogen-bond donors (Lipinski definition) is 2. The van der Waals surface area contributed by atoms with Gasteiger partial charge in [-0.05, 0) is 49.4 Å². The molecule has 0 saturated heterocycles. The summed E-state index contributed by atoms with van der Waals surface area (Å²) in [6.45, 7) is 3.04. The van der Waals surface area contributed by atoms with Crippen molar-refractivity contribution < 1.29 is 19.1 Å². The Hall–Kier alpha value is -2.73. The first-order chi connectivity index (χ1) is 11.9. The van der Waals surface area contributed by atoms with Crippen LogP contribution in [0.2, 0.25) is 5.02 Å². The van der Waals surface area contributed by atoms with Gasteiger partial charge in [0.1, 0.15) is 11.5 Å². The van der Waals surface area contributed by atoms with E-state index in [0.29, 0.717) is 27.9 Å². The lowest BCUT2D eigenvalue weighted by Crippen LogP contribution is -2.30. The molecule has 2 rings (SSSR count). The summed E-state index contributed by atoms with van der Waals surface area (Å²) in [5, 5.41) is 5.98. The molecule has 0 fully saturated rings. The summed E-state index contributed by atoms with van der Waals surface area (Å²) >= 11 is 5.82. The second-order valence-corrected chi connectivity index (χ2v) is 5.74. The molecule has 25 heavy (non-hydrogen) atoms. The van der Waals surface area contributed by atoms with E-state index in [1.165, 1.54) is 14.0 Å². The average molecular weight is 363 g/mol. The zero-order valence-corrected chi connectivity index (χ0v) is 14.9. The summed E-state index contributed by atoms with van der Waals surface area (Å²) in [6.07, 6.45) is -0.740. The van der Waals surface area contributed by atoms with E-state index >= 15 is 0 Å². The zero-order chi connectivity index (χ0) is 18.4. The first-order valence-electron chi connectivity index (χ1n) is 7.57. The Bertz CT molecular complexity index is 762. The molecule has 0 saturated carbocycles. The maximum Gasteiger partial charge on any atom is 0.265 e. The Morgan fingerprint density at radius 3 is 2.36 bits per heavy atom. The van der Waals surface area contributed by atoms with Crippen LogP contribution < -0.4 is 20.1 Å². The summed E-state index contributed by atoms with van der Waals surface area (Å²) in [5.74, 6) is 0.447. The van der Waals surface area contributed by atoms with Gasteiger partial charge in [-0.25, -0.2) is 0 Å². The quantitative estimate of drug-likeness (QED) is 0.821. The number of amides is 2. The van der Waals surface area contributed by atoms with E-state index in [9.17, 15) is 9.59 Å². The lowest BCUT2D eigenvalue weighted by Gasteiger charge is -2.17. The topological polar surface area (TPSA) is 76.7 Å². The maximum atomic E-state index is 12.4. The molecule has 0 bridgehead atoms. The van der Waals surface area contributed by atoms with Crippen molar-refractivity contribution in [3.63, 3.8) is 0 Å². The maximum absolute atomic E-state index is 12.4. The number of anilines is 2. The van der Waals surface area contributed by atoms with Crippen LogP contribution >= 0.6 is 11.6 Å². The SMILES string of the molecule is COc1ccc(NC(C)=O)cc1NC(=O)C(C)Oc1ccc(Cl)cc1. The third-order valence-corrected chi connectivity index (χ3v) is 3.53.